The minimum Gasteiger partial charge on any atom is -0.461 e. The number of anilines is 1. The number of aliphatic hydroxyl groups is 1. The van der Waals surface area contributed by atoms with Gasteiger partial charge in [-0.3, -0.25) is 14.4 Å². The van der Waals surface area contributed by atoms with Crippen molar-refractivity contribution in [2.75, 3.05) is 24.7 Å². The molecule has 1 aromatic carbocycles. The zero-order valence-corrected chi connectivity index (χ0v) is 23.8. The van der Waals surface area contributed by atoms with Crippen molar-refractivity contribution >= 4 is 23.5 Å². The Hall–Kier alpha value is -2.97. The molecule has 3 heterocycles. The van der Waals surface area contributed by atoms with E-state index in [0.717, 1.165) is 16.8 Å². The van der Waals surface area contributed by atoms with Crippen molar-refractivity contribution in [1.29, 1.82) is 0 Å². The van der Waals surface area contributed by atoms with E-state index in [1.807, 2.05) is 52.8 Å². The van der Waals surface area contributed by atoms with E-state index < -0.39 is 41.1 Å². The topological polar surface area (TPSA) is 96.4 Å². The van der Waals surface area contributed by atoms with Crippen molar-refractivity contribution in [2.24, 2.45) is 17.8 Å². The first-order chi connectivity index (χ1) is 18.5. The van der Waals surface area contributed by atoms with E-state index in [9.17, 15) is 19.5 Å². The summed E-state index contributed by atoms with van der Waals surface area (Å²) in [6.45, 7) is 17.2. The highest BCUT2D eigenvalue weighted by molar-refractivity contribution is 6.05. The van der Waals surface area contributed by atoms with Gasteiger partial charge in [-0.15, -0.1) is 6.58 Å². The highest BCUT2D eigenvalue weighted by Gasteiger charge is 2.79. The molecule has 1 N–H and O–H groups in total. The lowest BCUT2D eigenvalue weighted by Crippen LogP contribution is -2.60. The second-order valence-electron chi connectivity index (χ2n) is 11.5. The third-order valence-electron chi connectivity index (χ3n) is 9.18. The van der Waals surface area contributed by atoms with E-state index in [1.165, 1.54) is 6.08 Å². The second kappa shape index (κ2) is 10.9. The molecule has 39 heavy (non-hydrogen) atoms. The number of carbonyl (C=O) groups is 3. The number of nitrogens with zero attached hydrogens (tertiary/aromatic N) is 2. The van der Waals surface area contributed by atoms with Crippen molar-refractivity contribution < 1.29 is 29.0 Å². The maximum Gasteiger partial charge on any atom is 0.313 e. The van der Waals surface area contributed by atoms with Gasteiger partial charge in [-0.2, -0.15) is 0 Å². The molecule has 212 valence electrons. The Balaban J connectivity index is 1.89. The Morgan fingerprint density at radius 2 is 1.92 bits per heavy atom. The first-order valence-electron chi connectivity index (χ1n) is 13.9. The number of fused-ring (bicyclic) bond motifs is 1. The number of rotatable bonds is 11. The van der Waals surface area contributed by atoms with Gasteiger partial charge in [0.1, 0.15) is 24.2 Å². The molecule has 0 radical (unpaired) electrons. The van der Waals surface area contributed by atoms with Crippen LogP contribution in [0.15, 0.2) is 43.5 Å². The molecule has 1 spiro atoms. The van der Waals surface area contributed by atoms with Crippen LogP contribution in [0.4, 0.5) is 5.69 Å². The van der Waals surface area contributed by atoms with Crippen LogP contribution in [0.25, 0.3) is 0 Å². The molecule has 2 unspecified atom stereocenters. The maximum atomic E-state index is 14.8. The molecule has 8 heteroatoms. The minimum absolute atomic E-state index is 0.0250. The number of aliphatic hydroxyl groups excluding tert-OH is 1. The van der Waals surface area contributed by atoms with Crippen LogP contribution < -0.4 is 4.90 Å². The SMILES string of the molecule is C=CCOC(=O)[C@H]1[C@H]2C(=O)N([C@@H](CO)[C@@H](C)CC)C(C(=O)N(CC=C)c3c(C)cccc3C)C23CC[C@]1(C)O3. The van der Waals surface area contributed by atoms with Crippen LogP contribution in [0, 0.1) is 31.6 Å². The smallest absolute Gasteiger partial charge is 0.313 e. The van der Waals surface area contributed by atoms with E-state index in [0.29, 0.717) is 19.3 Å². The van der Waals surface area contributed by atoms with Crippen molar-refractivity contribution in [2.45, 2.75) is 77.2 Å². The first-order valence-corrected chi connectivity index (χ1v) is 13.9. The predicted molar refractivity (Wildman–Crippen MR) is 149 cm³/mol. The van der Waals surface area contributed by atoms with Crippen molar-refractivity contribution in [3.63, 3.8) is 0 Å². The van der Waals surface area contributed by atoms with Crippen LogP contribution in [0.3, 0.4) is 0 Å². The van der Waals surface area contributed by atoms with E-state index in [-0.39, 0.29) is 37.5 Å². The van der Waals surface area contributed by atoms with Crippen molar-refractivity contribution in [3.05, 3.63) is 54.6 Å². The van der Waals surface area contributed by atoms with Gasteiger partial charge in [-0.1, -0.05) is 57.2 Å². The third kappa shape index (κ3) is 4.42. The Morgan fingerprint density at radius 1 is 1.26 bits per heavy atom. The maximum absolute atomic E-state index is 14.8. The van der Waals surface area contributed by atoms with Crippen LogP contribution in [0.2, 0.25) is 0 Å². The summed E-state index contributed by atoms with van der Waals surface area (Å²) < 4.78 is 12.2. The summed E-state index contributed by atoms with van der Waals surface area (Å²) >= 11 is 0. The highest BCUT2D eigenvalue weighted by atomic mass is 16.6. The molecule has 8 nitrogen and oxygen atoms in total. The lowest BCUT2D eigenvalue weighted by atomic mass is 9.66. The predicted octanol–water partition coefficient (Wildman–Crippen LogP) is 3.72. The number of esters is 1. The average Bonchev–Trinajstić information content (AvgIpc) is 3.47. The number of hydrogen-bond donors (Lipinski definition) is 1. The number of benzene rings is 1. The number of para-hydroxylation sites is 1. The molecule has 0 saturated carbocycles. The molecular formula is C31H42N2O6. The van der Waals surface area contributed by atoms with Crippen LogP contribution in [0.1, 0.15) is 51.2 Å². The molecule has 4 rings (SSSR count). The molecule has 1 aromatic rings. The van der Waals surface area contributed by atoms with Gasteiger partial charge in [0.15, 0.2) is 0 Å². The van der Waals surface area contributed by atoms with Gasteiger partial charge in [0.2, 0.25) is 5.91 Å². The standard InChI is InChI=1S/C31H42N2O6/c1-8-16-32(25-20(5)12-11-13-21(25)6)28(36)26-31-15-14-30(7,39-31)24(29(37)38-17-9-2)23(31)27(35)33(26)22(18-34)19(4)10-3/h8-9,11-13,19,22-24,26,34H,1-2,10,14-18H2,3-7H3/t19-,22-,23-,24+,26?,30-,31?/m0/s1. The Labute approximate surface area is 231 Å². The van der Waals surface area contributed by atoms with Crippen molar-refractivity contribution in [1.82, 2.24) is 4.90 Å². The van der Waals surface area contributed by atoms with E-state index in [4.69, 9.17) is 9.47 Å². The van der Waals surface area contributed by atoms with Crippen LogP contribution in [0.5, 0.6) is 0 Å². The number of ether oxygens (including phenoxy) is 2. The van der Waals surface area contributed by atoms with E-state index in [2.05, 4.69) is 13.2 Å². The number of aryl methyl sites for hydroxylation is 2. The molecule has 0 aliphatic carbocycles. The molecule has 2 amide bonds. The highest BCUT2D eigenvalue weighted by Crippen LogP contribution is 2.64. The number of amides is 2. The molecule has 7 atom stereocenters. The monoisotopic (exact) mass is 538 g/mol. The van der Waals surface area contributed by atoms with Crippen molar-refractivity contribution in [3.8, 4) is 0 Å². The first kappa shape index (κ1) is 29.0. The van der Waals surface area contributed by atoms with Gasteiger partial charge in [0.05, 0.1) is 24.2 Å². The molecule has 3 aliphatic rings. The van der Waals surface area contributed by atoms with Gasteiger partial charge in [-0.25, -0.2) is 0 Å². The third-order valence-corrected chi connectivity index (χ3v) is 9.18. The van der Waals surface area contributed by atoms with E-state index in [1.54, 1.807) is 15.9 Å². The molecule has 2 bridgehead atoms. The quantitative estimate of drug-likeness (QED) is 0.341. The number of hydrogen-bond acceptors (Lipinski definition) is 6. The molecule has 3 aliphatic heterocycles. The second-order valence-corrected chi connectivity index (χ2v) is 11.5. The normalized spacial score (nSPS) is 30.6. The fraction of sp³-hybridized carbons (Fsp3) is 0.581. The summed E-state index contributed by atoms with van der Waals surface area (Å²) in [6.07, 6.45) is 4.82. The van der Waals surface area contributed by atoms with Crippen LogP contribution >= 0.6 is 0 Å². The molecule has 3 fully saturated rings. The lowest BCUT2D eigenvalue weighted by molar-refractivity contribution is -0.160. The van der Waals surface area contributed by atoms with Crippen LogP contribution in [-0.2, 0) is 23.9 Å². The van der Waals surface area contributed by atoms with Crippen LogP contribution in [-0.4, -0.2) is 70.8 Å². The average molecular weight is 539 g/mol. The summed E-state index contributed by atoms with van der Waals surface area (Å²) in [4.78, 5) is 45.8. The minimum atomic E-state index is -1.21. The Morgan fingerprint density at radius 3 is 2.49 bits per heavy atom. The summed E-state index contributed by atoms with van der Waals surface area (Å²) in [6, 6.07) is 4.21. The summed E-state index contributed by atoms with van der Waals surface area (Å²) in [5, 5.41) is 10.5. The summed E-state index contributed by atoms with van der Waals surface area (Å²) in [5.74, 6) is -2.98. The van der Waals surface area contributed by atoms with Gasteiger partial charge in [0.25, 0.3) is 5.91 Å². The van der Waals surface area contributed by atoms with Gasteiger partial charge in [-0.05, 0) is 50.7 Å². The lowest BCUT2D eigenvalue weighted by Gasteiger charge is -2.41. The fourth-order valence-electron chi connectivity index (χ4n) is 7.20. The van der Waals surface area contributed by atoms with Gasteiger partial charge < -0.3 is 24.4 Å². The molecular weight excluding hydrogens is 496 g/mol. The largest absolute Gasteiger partial charge is 0.461 e. The zero-order valence-electron chi connectivity index (χ0n) is 23.8. The zero-order chi connectivity index (χ0) is 28.7. The van der Waals surface area contributed by atoms with Gasteiger partial charge in [0, 0.05) is 12.2 Å². The molecule has 0 aromatic heterocycles. The molecule has 3 saturated heterocycles. The Kier molecular flexibility index (Phi) is 8.11. The summed E-state index contributed by atoms with van der Waals surface area (Å²) in [7, 11) is 0. The summed E-state index contributed by atoms with van der Waals surface area (Å²) in [5.41, 5.74) is 0.461. The fourth-order valence-corrected chi connectivity index (χ4v) is 7.20. The number of carbonyl (C=O) groups excluding carboxylic acids is 3. The number of likely N-dealkylation sites (tertiary alicyclic amines) is 1. The van der Waals surface area contributed by atoms with E-state index >= 15 is 0 Å². The van der Waals surface area contributed by atoms with Gasteiger partial charge >= 0.3 is 5.97 Å². The Bertz CT molecular complexity index is 1150.